The molecule has 2 N–H and O–H groups in total. The summed E-state index contributed by atoms with van der Waals surface area (Å²) < 4.78 is 11.0. The predicted octanol–water partition coefficient (Wildman–Crippen LogP) is 3.92. The molecular formula is C26H23N3O5. The molecule has 0 radical (unpaired) electrons. The number of hydrogen-bond donors (Lipinski definition) is 2. The molecule has 2 aliphatic rings. The summed E-state index contributed by atoms with van der Waals surface area (Å²) in [4.78, 5) is 40.0. The quantitative estimate of drug-likeness (QED) is 0.619. The van der Waals surface area contributed by atoms with Crippen LogP contribution in [0.3, 0.4) is 0 Å². The molecule has 172 valence electrons. The maximum absolute atomic E-state index is 13.7. The van der Waals surface area contributed by atoms with Gasteiger partial charge in [-0.15, -0.1) is 0 Å². The second kappa shape index (κ2) is 8.55. The van der Waals surface area contributed by atoms with E-state index in [1.54, 1.807) is 54.4 Å². The highest BCUT2D eigenvalue weighted by Gasteiger charge is 2.43. The normalized spacial score (nSPS) is 18.3. The van der Waals surface area contributed by atoms with Crippen molar-refractivity contribution in [3.05, 3.63) is 83.4 Å². The Morgan fingerprint density at radius 2 is 1.65 bits per heavy atom. The molecular weight excluding hydrogens is 434 g/mol. The molecule has 2 aliphatic heterocycles. The Bertz CT molecular complexity index is 1310. The van der Waals surface area contributed by atoms with Gasteiger partial charge < -0.3 is 25.0 Å². The molecule has 8 heteroatoms. The van der Waals surface area contributed by atoms with Crippen molar-refractivity contribution in [2.75, 3.05) is 24.5 Å². The first-order valence-corrected chi connectivity index (χ1v) is 10.9. The fourth-order valence-corrected chi connectivity index (χ4v) is 4.57. The Morgan fingerprint density at radius 1 is 0.912 bits per heavy atom. The topological polar surface area (TPSA) is 97.0 Å². The van der Waals surface area contributed by atoms with Gasteiger partial charge in [-0.25, -0.2) is 0 Å². The van der Waals surface area contributed by atoms with Gasteiger partial charge in [0.15, 0.2) is 11.5 Å². The monoisotopic (exact) mass is 457 g/mol. The molecule has 2 unspecified atom stereocenters. The van der Waals surface area contributed by atoms with Crippen LogP contribution in [-0.2, 0) is 9.59 Å². The molecule has 0 spiro atoms. The number of fused-ring (bicyclic) bond motifs is 2. The lowest BCUT2D eigenvalue weighted by atomic mass is 9.79. The molecule has 2 heterocycles. The van der Waals surface area contributed by atoms with Crippen molar-refractivity contribution in [3.8, 4) is 11.5 Å². The van der Waals surface area contributed by atoms with E-state index in [0.717, 1.165) is 5.56 Å². The van der Waals surface area contributed by atoms with Gasteiger partial charge in [0.2, 0.25) is 18.6 Å². The first-order chi connectivity index (χ1) is 16.4. The van der Waals surface area contributed by atoms with Crippen molar-refractivity contribution in [2.45, 2.75) is 18.9 Å². The zero-order valence-corrected chi connectivity index (χ0v) is 18.7. The first-order valence-electron chi connectivity index (χ1n) is 10.9. The third-order valence-corrected chi connectivity index (χ3v) is 6.05. The van der Waals surface area contributed by atoms with Gasteiger partial charge in [0.1, 0.15) is 0 Å². The third kappa shape index (κ3) is 3.83. The summed E-state index contributed by atoms with van der Waals surface area (Å²) in [5, 5.41) is 5.69. The van der Waals surface area contributed by atoms with Gasteiger partial charge in [-0.05, 0) is 47.5 Å². The van der Waals surface area contributed by atoms with Gasteiger partial charge in [-0.2, -0.15) is 0 Å². The summed E-state index contributed by atoms with van der Waals surface area (Å²) >= 11 is 0. The Labute approximate surface area is 196 Å². The van der Waals surface area contributed by atoms with Crippen LogP contribution in [0.2, 0.25) is 0 Å². The number of rotatable bonds is 4. The molecule has 0 aliphatic carbocycles. The van der Waals surface area contributed by atoms with E-state index in [2.05, 4.69) is 10.6 Å². The van der Waals surface area contributed by atoms with Crippen LogP contribution in [0.4, 0.5) is 11.4 Å². The highest BCUT2D eigenvalue weighted by molar-refractivity contribution is 6.04. The Balaban J connectivity index is 1.55. The molecule has 3 aromatic rings. The van der Waals surface area contributed by atoms with Crippen molar-refractivity contribution in [1.29, 1.82) is 0 Å². The molecule has 2 atom stereocenters. The van der Waals surface area contributed by atoms with Crippen LogP contribution in [0.5, 0.6) is 11.5 Å². The van der Waals surface area contributed by atoms with Crippen LogP contribution in [0.25, 0.3) is 0 Å². The number of carbonyl (C=O) groups is 3. The largest absolute Gasteiger partial charge is 0.454 e. The number of hydrogen-bond acceptors (Lipinski definition) is 5. The Morgan fingerprint density at radius 3 is 2.44 bits per heavy atom. The summed E-state index contributed by atoms with van der Waals surface area (Å²) in [5.74, 6) is -0.0927. The molecule has 0 fully saturated rings. The van der Waals surface area contributed by atoms with Crippen molar-refractivity contribution in [3.63, 3.8) is 0 Å². The molecule has 34 heavy (non-hydrogen) atoms. The molecule has 8 nitrogen and oxygen atoms in total. The van der Waals surface area contributed by atoms with Crippen molar-refractivity contribution in [2.24, 2.45) is 0 Å². The van der Waals surface area contributed by atoms with Crippen LogP contribution in [0.1, 0.15) is 40.4 Å². The number of likely N-dealkylation sites (N-methyl/N-ethyl adjacent to an activating group) is 1. The van der Waals surface area contributed by atoms with E-state index in [4.69, 9.17) is 9.47 Å². The zero-order valence-electron chi connectivity index (χ0n) is 18.7. The van der Waals surface area contributed by atoms with Crippen LogP contribution in [0.15, 0.2) is 66.7 Å². The van der Waals surface area contributed by atoms with Gasteiger partial charge in [0.05, 0.1) is 12.0 Å². The molecule has 5 rings (SSSR count). The van der Waals surface area contributed by atoms with Gasteiger partial charge in [-0.1, -0.05) is 30.3 Å². The average Bonchev–Trinajstić information content (AvgIpc) is 3.29. The number of carbonyl (C=O) groups excluding carboxylic acids is 3. The fraction of sp³-hybridized carbons (Fsp3) is 0.192. The standard InChI is InChI=1S/C26H23N3O5/c1-15(30)27-17-6-5-7-18(13-17)28-25(31)23-19-8-3-4-9-20(19)26(32)29(2)24(23)16-10-11-21-22(12-16)34-14-33-21/h3-13,23-24H,14H2,1-2H3,(H,27,30)(H,28,31). The van der Waals surface area contributed by atoms with Crippen molar-refractivity contribution >= 4 is 29.1 Å². The van der Waals surface area contributed by atoms with Crippen molar-refractivity contribution in [1.82, 2.24) is 4.90 Å². The molecule has 0 saturated heterocycles. The number of anilines is 2. The van der Waals surface area contributed by atoms with E-state index < -0.39 is 12.0 Å². The highest BCUT2D eigenvalue weighted by atomic mass is 16.7. The van der Waals surface area contributed by atoms with Crippen LogP contribution in [-0.4, -0.2) is 36.5 Å². The number of ether oxygens (including phenoxy) is 2. The minimum Gasteiger partial charge on any atom is -0.454 e. The lowest BCUT2D eigenvalue weighted by molar-refractivity contribution is -0.119. The van der Waals surface area contributed by atoms with Crippen LogP contribution >= 0.6 is 0 Å². The Hall–Kier alpha value is -4.33. The van der Waals surface area contributed by atoms with Gasteiger partial charge in [-0.3, -0.25) is 14.4 Å². The maximum atomic E-state index is 13.7. The van der Waals surface area contributed by atoms with E-state index in [9.17, 15) is 14.4 Å². The first kappa shape index (κ1) is 21.5. The lowest BCUT2D eigenvalue weighted by Gasteiger charge is -2.39. The second-order valence-corrected chi connectivity index (χ2v) is 8.29. The maximum Gasteiger partial charge on any atom is 0.254 e. The number of benzene rings is 3. The van der Waals surface area contributed by atoms with E-state index in [1.165, 1.54) is 6.92 Å². The number of amides is 3. The fourth-order valence-electron chi connectivity index (χ4n) is 4.57. The van der Waals surface area contributed by atoms with E-state index >= 15 is 0 Å². The summed E-state index contributed by atoms with van der Waals surface area (Å²) in [7, 11) is 1.70. The van der Waals surface area contributed by atoms with Crippen molar-refractivity contribution < 1.29 is 23.9 Å². The summed E-state index contributed by atoms with van der Waals surface area (Å²) in [6.07, 6.45) is 0. The van der Waals surface area contributed by atoms with E-state index in [0.29, 0.717) is 34.0 Å². The zero-order chi connectivity index (χ0) is 23.8. The van der Waals surface area contributed by atoms with Gasteiger partial charge >= 0.3 is 0 Å². The number of nitrogens with one attached hydrogen (secondary N) is 2. The smallest absolute Gasteiger partial charge is 0.254 e. The average molecular weight is 457 g/mol. The summed E-state index contributed by atoms with van der Waals surface area (Å²) in [6.45, 7) is 1.56. The molecule has 3 amide bonds. The molecule has 0 saturated carbocycles. The van der Waals surface area contributed by atoms with Crippen LogP contribution < -0.4 is 20.1 Å². The SMILES string of the molecule is CC(=O)Nc1cccc(NC(=O)C2c3ccccc3C(=O)N(C)C2c2ccc3c(c2)OCO3)c1. The third-order valence-electron chi connectivity index (χ3n) is 6.05. The molecule has 0 bridgehead atoms. The highest BCUT2D eigenvalue weighted by Crippen LogP contribution is 2.45. The summed E-state index contributed by atoms with van der Waals surface area (Å²) in [5.41, 5.74) is 3.03. The minimum absolute atomic E-state index is 0.135. The Kier molecular flexibility index (Phi) is 5.41. The van der Waals surface area contributed by atoms with Gasteiger partial charge in [0, 0.05) is 30.9 Å². The van der Waals surface area contributed by atoms with Crippen LogP contribution in [0, 0.1) is 0 Å². The molecule has 0 aromatic heterocycles. The van der Waals surface area contributed by atoms with E-state index in [1.807, 2.05) is 24.3 Å². The minimum atomic E-state index is -0.677. The van der Waals surface area contributed by atoms with Gasteiger partial charge in [0.25, 0.3) is 5.91 Å². The lowest BCUT2D eigenvalue weighted by Crippen LogP contribution is -2.44. The predicted molar refractivity (Wildman–Crippen MR) is 126 cm³/mol. The molecule has 3 aromatic carbocycles. The summed E-state index contributed by atoms with van der Waals surface area (Å²) in [6, 6.07) is 19.0. The van der Waals surface area contributed by atoms with E-state index in [-0.39, 0.29) is 24.5 Å². The second-order valence-electron chi connectivity index (χ2n) is 8.29. The number of nitrogens with zero attached hydrogens (tertiary/aromatic N) is 1.